The fourth-order valence-electron chi connectivity index (χ4n) is 7.35. The van der Waals surface area contributed by atoms with Crippen molar-refractivity contribution in [3.8, 4) is 5.75 Å². The number of benzene rings is 1. The van der Waals surface area contributed by atoms with Crippen LogP contribution >= 0.6 is 11.6 Å². The zero-order valence-electron chi connectivity index (χ0n) is 21.4. The smallest absolute Gasteiger partial charge is 0.314 e. The maximum absolute atomic E-state index is 14.0. The van der Waals surface area contributed by atoms with E-state index in [4.69, 9.17) is 16.3 Å². The quantitative estimate of drug-likeness (QED) is 0.144. The molecule has 0 amide bonds. The van der Waals surface area contributed by atoms with Crippen LogP contribution in [0.3, 0.4) is 0 Å². The van der Waals surface area contributed by atoms with Crippen LogP contribution in [0.2, 0.25) is 5.02 Å². The molecule has 0 aromatic heterocycles. The summed E-state index contributed by atoms with van der Waals surface area (Å²) < 4.78 is 32.9. The summed E-state index contributed by atoms with van der Waals surface area (Å²) in [6.07, 6.45) is 20.5. The SMILES string of the molecule is CCCCCCCC1CCC2CC(C3CCC(C(=O)Oc4ccc(Cl)c(F)c4F)CC3)CCC2C1. The molecule has 5 heteroatoms. The van der Waals surface area contributed by atoms with E-state index in [2.05, 4.69) is 6.92 Å². The second-order valence-electron chi connectivity index (χ2n) is 11.7. The molecule has 0 heterocycles. The summed E-state index contributed by atoms with van der Waals surface area (Å²) in [7, 11) is 0. The minimum Gasteiger partial charge on any atom is -0.423 e. The lowest BCUT2D eigenvalue weighted by molar-refractivity contribution is -0.140. The molecule has 4 unspecified atom stereocenters. The van der Waals surface area contributed by atoms with E-state index >= 15 is 0 Å². The van der Waals surface area contributed by atoms with Gasteiger partial charge in [0.1, 0.15) is 0 Å². The molecule has 2 nitrogen and oxygen atoms in total. The Morgan fingerprint density at radius 1 is 0.829 bits per heavy atom. The number of fused-ring (bicyclic) bond motifs is 1. The summed E-state index contributed by atoms with van der Waals surface area (Å²) in [5.74, 6) is 0.914. The maximum Gasteiger partial charge on any atom is 0.314 e. The van der Waals surface area contributed by atoms with Crippen LogP contribution in [-0.2, 0) is 4.79 Å². The van der Waals surface area contributed by atoms with Crippen molar-refractivity contribution in [2.45, 2.75) is 110 Å². The maximum atomic E-state index is 14.0. The minimum absolute atomic E-state index is 0.228. The number of hydrogen-bond donors (Lipinski definition) is 0. The Morgan fingerprint density at radius 2 is 1.46 bits per heavy atom. The van der Waals surface area contributed by atoms with Crippen molar-refractivity contribution in [3.63, 3.8) is 0 Å². The molecule has 3 aliphatic carbocycles. The van der Waals surface area contributed by atoms with E-state index in [1.807, 2.05) is 0 Å². The molecule has 4 atom stereocenters. The lowest BCUT2D eigenvalue weighted by Crippen LogP contribution is -2.35. The standard InChI is InChI=1S/C30H43ClF2O2/c1-2-3-4-5-6-7-20-8-9-25-19-24(15-14-23(25)18-20)21-10-12-22(13-11-21)30(34)35-27-17-16-26(31)28(32)29(27)33/h16-17,20-25H,2-15,18-19H2,1H3. The van der Waals surface area contributed by atoms with E-state index in [0.29, 0.717) is 5.92 Å². The average molecular weight is 509 g/mol. The topological polar surface area (TPSA) is 26.3 Å². The first-order valence-electron chi connectivity index (χ1n) is 14.3. The van der Waals surface area contributed by atoms with Gasteiger partial charge in [-0.2, -0.15) is 4.39 Å². The van der Waals surface area contributed by atoms with E-state index in [1.165, 1.54) is 89.2 Å². The monoisotopic (exact) mass is 508 g/mol. The second-order valence-corrected chi connectivity index (χ2v) is 12.1. The van der Waals surface area contributed by atoms with Crippen LogP contribution in [0.15, 0.2) is 12.1 Å². The lowest BCUT2D eigenvalue weighted by atomic mass is 9.60. The third kappa shape index (κ3) is 6.99. The second kappa shape index (κ2) is 12.9. The molecule has 0 aliphatic heterocycles. The van der Waals surface area contributed by atoms with Crippen molar-refractivity contribution >= 4 is 17.6 Å². The highest BCUT2D eigenvalue weighted by Crippen LogP contribution is 2.49. The average Bonchev–Trinajstić information content (AvgIpc) is 2.88. The van der Waals surface area contributed by atoms with Crippen molar-refractivity contribution in [1.82, 2.24) is 0 Å². The van der Waals surface area contributed by atoms with Crippen LogP contribution in [-0.4, -0.2) is 5.97 Å². The number of halogens is 3. The van der Waals surface area contributed by atoms with Gasteiger partial charge in [0, 0.05) is 0 Å². The molecule has 196 valence electrons. The van der Waals surface area contributed by atoms with E-state index in [0.717, 1.165) is 49.4 Å². The number of carbonyl (C=O) groups is 1. The van der Waals surface area contributed by atoms with E-state index in [9.17, 15) is 13.6 Å². The Labute approximate surface area is 215 Å². The number of unbranched alkanes of at least 4 members (excludes halogenated alkanes) is 4. The Hall–Kier alpha value is -1.16. The molecule has 3 fully saturated rings. The highest BCUT2D eigenvalue weighted by molar-refractivity contribution is 6.30. The Morgan fingerprint density at radius 3 is 2.20 bits per heavy atom. The van der Waals surface area contributed by atoms with E-state index in [1.54, 1.807) is 0 Å². The summed E-state index contributed by atoms with van der Waals surface area (Å²) in [4.78, 5) is 12.6. The van der Waals surface area contributed by atoms with Gasteiger partial charge in [-0.25, -0.2) is 4.39 Å². The Balaban J connectivity index is 1.18. The van der Waals surface area contributed by atoms with Crippen molar-refractivity contribution in [2.75, 3.05) is 0 Å². The van der Waals surface area contributed by atoms with Gasteiger partial charge in [0.05, 0.1) is 10.9 Å². The first-order chi connectivity index (χ1) is 17.0. The predicted molar refractivity (Wildman–Crippen MR) is 137 cm³/mol. The molecule has 1 aromatic rings. The van der Waals surface area contributed by atoms with Crippen LogP contribution < -0.4 is 4.74 Å². The molecule has 3 saturated carbocycles. The molecule has 4 rings (SSSR count). The molecule has 0 spiro atoms. The highest BCUT2D eigenvalue weighted by Gasteiger charge is 2.39. The predicted octanol–water partition coefficient (Wildman–Crippen LogP) is 9.52. The molecule has 3 aliphatic rings. The molecule has 0 saturated heterocycles. The number of hydrogen-bond acceptors (Lipinski definition) is 2. The number of rotatable bonds is 9. The van der Waals surface area contributed by atoms with Crippen molar-refractivity contribution < 1.29 is 18.3 Å². The molecule has 35 heavy (non-hydrogen) atoms. The third-order valence-corrected chi connectivity index (χ3v) is 9.75. The summed E-state index contributed by atoms with van der Waals surface area (Å²) in [6, 6.07) is 2.45. The van der Waals surface area contributed by atoms with Gasteiger partial charge in [-0.05, 0) is 99.5 Å². The van der Waals surface area contributed by atoms with Gasteiger partial charge in [-0.15, -0.1) is 0 Å². The third-order valence-electron chi connectivity index (χ3n) is 9.46. The molecule has 1 aromatic carbocycles. The fraction of sp³-hybridized carbons (Fsp3) is 0.767. The van der Waals surface area contributed by atoms with Crippen LogP contribution in [0.25, 0.3) is 0 Å². The lowest BCUT2D eigenvalue weighted by Gasteiger charge is -2.45. The minimum atomic E-state index is -1.19. The number of ether oxygens (including phenoxy) is 1. The van der Waals surface area contributed by atoms with Gasteiger partial charge >= 0.3 is 5.97 Å². The van der Waals surface area contributed by atoms with Gasteiger partial charge < -0.3 is 4.74 Å². The van der Waals surface area contributed by atoms with Gasteiger partial charge in [0.15, 0.2) is 11.6 Å². The van der Waals surface area contributed by atoms with Gasteiger partial charge in [-0.1, -0.05) is 63.5 Å². The van der Waals surface area contributed by atoms with E-state index in [-0.39, 0.29) is 16.7 Å². The van der Waals surface area contributed by atoms with Gasteiger partial charge in [-0.3, -0.25) is 4.79 Å². The Bertz CT molecular complexity index is 836. The Kier molecular flexibility index (Phi) is 9.90. The molecular formula is C30H43ClF2O2. The summed E-state index contributed by atoms with van der Waals surface area (Å²) in [6.45, 7) is 2.28. The summed E-state index contributed by atoms with van der Waals surface area (Å²) in [5.41, 5.74) is 0. The molecule has 0 radical (unpaired) electrons. The van der Waals surface area contributed by atoms with Gasteiger partial charge in [0.2, 0.25) is 5.82 Å². The van der Waals surface area contributed by atoms with Crippen molar-refractivity contribution in [2.24, 2.45) is 35.5 Å². The molecule has 0 N–H and O–H groups in total. The van der Waals surface area contributed by atoms with Crippen LogP contribution in [0.1, 0.15) is 110 Å². The van der Waals surface area contributed by atoms with Gasteiger partial charge in [0.25, 0.3) is 0 Å². The molecular weight excluding hydrogens is 466 g/mol. The fourth-order valence-corrected chi connectivity index (χ4v) is 7.50. The van der Waals surface area contributed by atoms with Crippen LogP contribution in [0.4, 0.5) is 8.78 Å². The van der Waals surface area contributed by atoms with Crippen LogP contribution in [0.5, 0.6) is 5.75 Å². The van der Waals surface area contributed by atoms with Crippen molar-refractivity contribution in [1.29, 1.82) is 0 Å². The summed E-state index contributed by atoms with van der Waals surface area (Å²) in [5, 5.41) is -0.312. The van der Waals surface area contributed by atoms with Crippen molar-refractivity contribution in [3.05, 3.63) is 28.8 Å². The summed E-state index contributed by atoms with van der Waals surface area (Å²) >= 11 is 5.59. The number of esters is 1. The van der Waals surface area contributed by atoms with E-state index < -0.39 is 17.6 Å². The highest BCUT2D eigenvalue weighted by atomic mass is 35.5. The molecule has 0 bridgehead atoms. The number of carbonyl (C=O) groups excluding carboxylic acids is 1. The normalized spacial score (nSPS) is 31.1. The van der Waals surface area contributed by atoms with Crippen LogP contribution in [0, 0.1) is 47.1 Å². The first-order valence-corrected chi connectivity index (χ1v) is 14.7. The zero-order chi connectivity index (χ0) is 24.8. The largest absolute Gasteiger partial charge is 0.423 e. The first kappa shape index (κ1) is 26.9. The zero-order valence-corrected chi connectivity index (χ0v) is 22.1.